The number of aromatic nitrogens is 1. The van der Waals surface area contributed by atoms with Gasteiger partial charge >= 0.3 is 12.2 Å². The number of fused-ring (bicyclic) bond motifs is 1. The number of amides is 4. The van der Waals surface area contributed by atoms with Crippen LogP contribution in [0, 0.1) is 6.92 Å². The van der Waals surface area contributed by atoms with Crippen molar-refractivity contribution in [2.75, 3.05) is 28.3 Å². The first kappa shape index (κ1) is 32.4. The summed E-state index contributed by atoms with van der Waals surface area (Å²) < 4.78 is 16.4. The van der Waals surface area contributed by atoms with Crippen LogP contribution in [0.3, 0.4) is 0 Å². The molecule has 12 heteroatoms. The Morgan fingerprint density at radius 3 is 2.20 bits per heavy atom. The number of anilines is 3. The highest BCUT2D eigenvalue weighted by Gasteiger charge is 2.39. The number of morpholine rings is 1. The molecule has 1 aromatic heterocycles. The average Bonchev–Trinajstić information content (AvgIpc) is 2.91. The quantitative estimate of drug-likeness (QED) is 0.412. The van der Waals surface area contributed by atoms with Crippen molar-refractivity contribution in [1.29, 1.82) is 0 Å². The third kappa shape index (κ3) is 7.69. The van der Waals surface area contributed by atoms with Crippen molar-refractivity contribution in [3.63, 3.8) is 0 Å². The predicted molar refractivity (Wildman–Crippen MR) is 165 cm³/mol. The van der Waals surface area contributed by atoms with Crippen LogP contribution in [0.4, 0.5) is 26.8 Å². The molecule has 4 amide bonds. The van der Waals surface area contributed by atoms with Gasteiger partial charge in [0.2, 0.25) is 0 Å². The predicted octanol–water partition coefficient (Wildman–Crippen LogP) is 4.95. The number of aliphatic hydroxyl groups excluding tert-OH is 1. The van der Waals surface area contributed by atoms with Gasteiger partial charge in [-0.1, -0.05) is 17.7 Å². The van der Waals surface area contributed by atoms with Crippen LogP contribution in [-0.4, -0.2) is 70.7 Å². The fourth-order valence-electron chi connectivity index (χ4n) is 4.45. The lowest BCUT2D eigenvalue weighted by molar-refractivity contribution is -0.150. The molecule has 0 bridgehead atoms. The standard InChI is InChI=1S/C32H38N4O8/c1-19-8-11-22(12-9-19)35-16-17-42-25(28(35)39)24(37)27(38)34-21-10-13-23-20(18-21)14-15-33-26(23)36(29(40)43-31(2,3)4)30(41)44-32(5,6)7/h8-15,18,24-25,37H,16-17H2,1-7H3,(H,34,38). The maximum absolute atomic E-state index is 13.2. The van der Waals surface area contributed by atoms with Crippen LogP contribution in [0.5, 0.6) is 0 Å². The number of aryl methyl sites for hydroxylation is 1. The van der Waals surface area contributed by atoms with Crippen LogP contribution >= 0.6 is 0 Å². The van der Waals surface area contributed by atoms with Gasteiger partial charge in [0, 0.05) is 29.5 Å². The molecule has 1 aliphatic heterocycles. The Bertz CT molecular complexity index is 1530. The number of carbonyl (C=O) groups is 4. The Hall–Kier alpha value is -4.55. The zero-order chi connectivity index (χ0) is 32.4. The molecule has 0 radical (unpaired) electrons. The average molecular weight is 607 g/mol. The van der Waals surface area contributed by atoms with E-state index < -0.39 is 47.4 Å². The molecule has 0 saturated carbocycles. The maximum Gasteiger partial charge on any atom is 0.425 e. The second-order valence-corrected chi connectivity index (χ2v) is 12.4. The van der Waals surface area contributed by atoms with E-state index in [2.05, 4.69) is 10.3 Å². The number of hydrogen-bond acceptors (Lipinski definition) is 9. The monoisotopic (exact) mass is 606 g/mol. The molecule has 0 aliphatic carbocycles. The molecule has 4 rings (SSSR count). The summed E-state index contributed by atoms with van der Waals surface area (Å²) >= 11 is 0. The molecule has 12 nitrogen and oxygen atoms in total. The van der Waals surface area contributed by atoms with E-state index >= 15 is 0 Å². The summed E-state index contributed by atoms with van der Waals surface area (Å²) in [6.07, 6.45) is -3.71. The zero-order valence-corrected chi connectivity index (χ0v) is 25.9. The number of pyridine rings is 1. The fourth-order valence-corrected chi connectivity index (χ4v) is 4.45. The highest BCUT2D eigenvalue weighted by atomic mass is 16.6. The summed E-state index contributed by atoms with van der Waals surface area (Å²) in [4.78, 5) is 59.0. The van der Waals surface area contributed by atoms with Crippen LogP contribution in [0.1, 0.15) is 47.1 Å². The Labute approximate surface area is 255 Å². The Kier molecular flexibility index (Phi) is 9.26. The molecular weight excluding hydrogens is 568 g/mol. The SMILES string of the molecule is Cc1ccc(N2CCOC(C(O)C(=O)Nc3ccc4c(N(C(=O)OC(C)(C)C)C(=O)OC(C)(C)C)nccc4c3)C2=O)cc1. The number of rotatable bonds is 5. The van der Waals surface area contributed by atoms with Gasteiger partial charge in [-0.05, 0) is 90.3 Å². The van der Waals surface area contributed by atoms with E-state index in [1.165, 1.54) is 17.2 Å². The molecule has 3 aromatic rings. The molecule has 44 heavy (non-hydrogen) atoms. The summed E-state index contributed by atoms with van der Waals surface area (Å²) in [6.45, 7) is 12.4. The first-order chi connectivity index (χ1) is 20.5. The highest BCUT2D eigenvalue weighted by Crippen LogP contribution is 2.30. The number of nitrogens with zero attached hydrogens (tertiary/aromatic N) is 3. The van der Waals surface area contributed by atoms with Gasteiger partial charge in [-0.15, -0.1) is 0 Å². The van der Waals surface area contributed by atoms with Gasteiger partial charge in [0.1, 0.15) is 11.2 Å². The van der Waals surface area contributed by atoms with Gasteiger partial charge in [-0.25, -0.2) is 14.6 Å². The number of nitrogens with one attached hydrogen (secondary N) is 1. The lowest BCUT2D eigenvalue weighted by Crippen LogP contribution is -2.55. The summed E-state index contributed by atoms with van der Waals surface area (Å²) in [5, 5.41) is 14.3. The molecule has 1 fully saturated rings. The van der Waals surface area contributed by atoms with Crippen molar-refractivity contribution >= 4 is 52.0 Å². The minimum atomic E-state index is -1.78. The second-order valence-electron chi connectivity index (χ2n) is 12.4. The largest absolute Gasteiger partial charge is 0.443 e. The lowest BCUT2D eigenvalue weighted by Gasteiger charge is -2.34. The molecule has 2 heterocycles. The van der Waals surface area contributed by atoms with Crippen molar-refractivity contribution in [3.8, 4) is 0 Å². The minimum Gasteiger partial charge on any atom is -0.443 e. The fraction of sp³-hybridized carbons (Fsp3) is 0.406. The highest BCUT2D eigenvalue weighted by molar-refractivity contribution is 6.14. The van der Waals surface area contributed by atoms with Crippen LogP contribution in [0.15, 0.2) is 54.7 Å². The summed E-state index contributed by atoms with van der Waals surface area (Å²) in [5.41, 5.74) is 0.165. The second kappa shape index (κ2) is 12.6. The van der Waals surface area contributed by atoms with E-state index in [1.54, 1.807) is 71.9 Å². The third-order valence-corrected chi connectivity index (χ3v) is 6.40. The first-order valence-electron chi connectivity index (χ1n) is 14.2. The van der Waals surface area contributed by atoms with Gasteiger partial charge in [0.05, 0.1) is 6.61 Å². The van der Waals surface area contributed by atoms with Gasteiger partial charge in [0.25, 0.3) is 11.8 Å². The van der Waals surface area contributed by atoms with Crippen molar-refractivity contribution in [3.05, 3.63) is 60.3 Å². The summed E-state index contributed by atoms with van der Waals surface area (Å²) in [5.74, 6) is -1.39. The molecule has 1 saturated heterocycles. The van der Waals surface area contributed by atoms with Crippen LogP contribution in [0.2, 0.25) is 0 Å². The number of imide groups is 1. The van der Waals surface area contributed by atoms with Crippen molar-refractivity contribution < 1.29 is 38.5 Å². The number of aliphatic hydroxyl groups is 1. The molecule has 234 valence electrons. The van der Waals surface area contributed by atoms with Crippen LogP contribution in [-0.2, 0) is 23.8 Å². The van der Waals surface area contributed by atoms with Crippen molar-refractivity contribution in [1.82, 2.24) is 4.98 Å². The molecule has 0 spiro atoms. The van der Waals surface area contributed by atoms with Gasteiger partial charge in [0.15, 0.2) is 18.0 Å². The van der Waals surface area contributed by atoms with Crippen LogP contribution in [0.25, 0.3) is 10.8 Å². The molecule has 2 unspecified atom stereocenters. The number of benzene rings is 2. The smallest absolute Gasteiger partial charge is 0.425 e. The van der Waals surface area contributed by atoms with Gasteiger partial charge < -0.3 is 29.5 Å². The van der Waals surface area contributed by atoms with Crippen molar-refractivity contribution in [2.24, 2.45) is 0 Å². The molecular formula is C32H38N4O8. The third-order valence-electron chi connectivity index (χ3n) is 6.40. The minimum absolute atomic E-state index is 0.0266. The normalized spacial score (nSPS) is 16.3. The summed E-state index contributed by atoms with van der Waals surface area (Å²) in [7, 11) is 0. The molecule has 2 aromatic carbocycles. The van der Waals surface area contributed by atoms with E-state index in [9.17, 15) is 24.3 Å². The molecule has 2 atom stereocenters. The Balaban J connectivity index is 1.57. The van der Waals surface area contributed by atoms with E-state index in [1.807, 2.05) is 19.1 Å². The zero-order valence-electron chi connectivity index (χ0n) is 25.9. The van der Waals surface area contributed by atoms with E-state index in [4.69, 9.17) is 14.2 Å². The van der Waals surface area contributed by atoms with E-state index in [-0.39, 0.29) is 19.0 Å². The van der Waals surface area contributed by atoms with E-state index in [0.29, 0.717) is 22.1 Å². The van der Waals surface area contributed by atoms with Crippen LogP contribution < -0.4 is 15.1 Å². The number of carbonyl (C=O) groups excluding carboxylic acids is 4. The first-order valence-corrected chi connectivity index (χ1v) is 14.2. The lowest BCUT2D eigenvalue weighted by atomic mass is 10.1. The van der Waals surface area contributed by atoms with Crippen molar-refractivity contribution in [2.45, 2.75) is 71.9 Å². The number of hydrogen-bond donors (Lipinski definition) is 2. The Morgan fingerprint density at radius 1 is 1.00 bits per heavy atom. The number of ether oxygens (including phenoxy) is 3. The molecule has 1 aliphatic rings. The Morgan fingerprint density at radius 2 is 1.61 bits per heavy atom. The van der Waals surface area contributed by atoms with Gasteiger partial charge in [-0.3, -0.25) is 9.59 Å². The van der Waals surface area contributed by atoms with E-state index in [0.717, 1.165) is 10.5 Å². The van der Waals surface area contributed by atoms with Gasteiger partial charge in [-0.2, -0.15) is 4.90 Å². The molecule has 2 N–H and O–H groups in total. The maximum atomic E-state index is 13.2. The topological polar surface area (TPSA) is 148 Å². The summed E-state index contributed by atoms with van der Waals surface area (Å²) in [6, 6.07) is 13.6.